The minimum absolute atomic E-state index is 0.0789. The highest BCUT2D eigenvalue weighted by atomic mass is 16.3. The molecule has 0 aromatic heterocycles. The van der Waals surface area contributed by atoms with Gasteiger partial charge in [0, 0.05) is 0 Å². The molecule has 0 heterocycles. The van der Waals surface area contributed by atoms with Crippen LogP contribution in [0.4, 0.5) is 0 Å². The topological polar surface area (TPSA) is 20.2 Å². The lowest BCUT2D eigenvalue weighted by Gasteiger charge is -2.59. The zero-order valence-corrected chi connectivity index (χ0v) is 21.4. The molecule has 0 amide bonds. The smallest absolute Gasteiger partial charge is 0.0568 e. The lowest BCUT2D eigenvalue weighted by atomic mass is 9.46. The molecule has 0 bridgehead atoms. The first-order valence-electron chi connectivity index (χ1n) is 13.7. The van der Waals surface area contributed by atoms with Gasteiger partial charge in [0.2, 0.25) is 0 Å². The van der Waals surface area contributed by atoms with Crippen molar-refractivity contribution in [2.45, 2.75) is 112 Å². The summed E-state index contributed by atoms with van der Waals surface area (Å²) >= 11 is 0. The molecule has 4 aliphatic carbocycles. The highest BCUT2D eigenvalue weighted by Crippen LogP contribution is 2.67. The van der Waals surface area contributed by atoms with E-state index in [4.69, 9.17) is 0 Å². The molecule has 10 atom stereocenters. The van der Waals surface area contributed by atoms with E-state index in [9.17, 15) is 5.11 Å². The lowest BCUT2D eigenvalue weighted by Crippen LogP contribution is -2.52. The monoisotopic (exact) mass is 426 g/mol. The first kappa shape index (κ1) is 23.6. The highest BCUT2D eigenvalue weighted by Gasteiger charge is 2.59. The quantitative estimate of drug-likeness (QED) is 0.424. The van der Waals surface area contributed by atoms with E-state index in [1.54, 1.807) is 0 Å². The summed E-state index contributed by atoms with van der Waals surface area (Å²) in [6.45, 7) is 18.9. The standard InChI is InChI=1S/C30H50O/c1-8-22(19(2)3)10-9-20(4)24-13-14-26-23-11-12-25-21(5)28(31)16-18-30(25,7)27(23)15-17-29(24,26)6/h11,20-22,24-28,31H,2,8-10,12-18H2,1,3-7H3/t20-,21+,22+,24-,25+,26+,27+,28+,29-,30+/m1/s1. The normalized spacial score (nSPS) is 46.4. The van der Waals surface area contributed by atoms with Crippen LogP contribution in [0.15, 0.2) is 23.8 Å². The molecule has 0 radical (unpaired) electrons. The molecule has 0 spiro atoms. The Morgan fingerprint density at radius 3 is 2.45 bits per heavy atom. The predicted molar refractivity (Wildman–Crippen MR) is 133 cm³/mol. The summed E-state index contributed by atoms with van der Waals surface area (Å²) < 4.78 is 0. The van der Waals surface area contributed by atoms with E-state index >= 15 is 0 Å². The molecular formula is C30H50O. The highest BCUT2D eigenvalue weighted by molar-refractivity contribution is 5.28. The lowest BCUT2D eigenvalue weighted by molar-refractivity contribution is -0.0773. The molecular weight excluding hydrogens is 376 g/mol. The van der Waals surface area contributed by atoms with Crippen LogP contribution in [0.5, 0.6) is 0 Å². The number of hydrogen-bond acceptors (Lipinski definition) is 1. The summed E-state index contributed by atoms with van der Waals surface area (Å²) in [7, 11) is 0. The fourth-order valence-electron chi connectivity index (χ4n) is 9.39. The van der Waals surface area contributed by atoms with Gasteiger partial charge in [-0.3, -0.25) is 0 Å². The third-order valence-electron chi connectivity index (χ3n) is 11.5. The van der Waals surface area contributed by atoms with Crippen molar-refractivity contribution in [3.05, 3.63) is 23.8 Å². The van der Waals surface area contributed by atoms with Crippen LogP contribution in [-0.4, -0.2) is 11.2 Å². The molecule has 3 saturated carbocycles. The van der Waals surface area contributed by atoms with E-state index in [1.807, 2.05) is 5.57 Å². The van der Waals surface area contributed by atoms with Gasteiger partial charge in [-0.15, -0.1) is 0 Å². The average molecular weight is 427 g/mol. The Morgan fingerprint density at radius 2 is 1.77 bits per heavy atom. The number of allylic oxidation sites excluding steroid dienone is 3. The molecule has 1 nitrogen and oxygen atoms in total. The molecule has 0 unspecified atom stereocenters. The fourth-order valence-corrected chi connectivity index (χ4v) is 9.39. The van der Waals surface area contributed by atoms with Gasteiger partial charge in [-0.1, -0.05) is 58.4 Å². The van der Waals surface area contributed by atoms with Crippen LogP contribution in [0.1, 0.15) is 106 Å². The van der Waals surface area contributed by atoms with Gasteiger partial charge in [0.15, 0.2) is 0 Å². The molecule has 4 aliphatic rings. The Balaban J connectivity index is 1.51. The van der Waals surface area contributed by atoms with Gasteiger partial charge in [0.1, 0.15) is 0 Å². The van der Waals surface area contributed by atoms with Crippen molar-refractivity contribution in [3.63, 3.8) is 0 Å². The largest absolute Gasteiger partial charge is 0.393 e. The third-order valence-corrected chi connectivity index (χ3v) is 11.5. The van der Waals surface area contributed by atoms with Crippen molar-refractivity contribution in [3.8, 4) is 0 Å². The molecule has 4 rings (SSSR count). The van der Waals surface area contributed by atoms with Crippen molar-refractivity contribution < 1.29 is 5.11 Å². The van der Waals surface area contributed by atoms with Gasteiger partial charge in [0.25, 0.3) is 0 Å². The molecule has 1 N–H and O–H groups in total. The number of fused-ring (bicyclic) bond motifs is 5. The molecule has 1 heteroatoms. The molecule has 0 saturated heterocycles. The first-order valence-corrected chi connectivity index (χ1v) is 13.7. The molecule has 176 valence electrons. The summed E-state index contributed by atoms with van der Waals surface area (Å²) in [5, 5.41) is 10.5. The molecule has 0 aromatic carbocycles. The van der Waals surface area contributed by atoms with E-state index in [-0.39, 0.29) is 6.10 Å². The van der Waals surface area contributed by atoms with Gasteiger partial charge in [-0.2, -0.15) is 0 Å². The summed E-state index contributed by atoms with van der Waals surface area (Å²) in [5.74, 6) is 5.17. The predicted octanol–water partition coefficient (Wildman–Crippen LogP) is 8.19. The van der Waals surface area contributed by atoms with E-state index in [0.29, 0.717) is 28.6 Å². The van der Waals surface area contributed by atoms with Gasteiger partial charge < -0.3 is 5.11 Å². The molecule has 3 fully saturated rings. The van der Waals surface area contributed by atoms with E-state index in [2.05, 4.69) is 54.2 Å². The second kappa shape index (κ2) is 8.66. The number of hydrogen-bond donors (Lipinski definition) is 1. The van der Waals surface area contributed by atoms with E-state index in [1.165, 1.54) is 63.4 Å². The van der Waals surface area contributed by atoms with Crippen LogP contribution in [0.3, 0.4) is 0 Å². The summed E-state index contributed by atoms with van der Waals surface area (Å²) in [6, 6.07) is 0. The zero-order chi connectivity index (χ0) is 22.6. The number of aliphatic hydroxyl groups is 1. The Labute approximate surface area is 193 Å². The van der Waals surface area contributed by atoms with Crippen molar-refractivity contribution in [1.29, 1.82) is 0 Å². The molecule has 0 aromatic rings. The second-order valence-corrected chi connectivity index (χ2v) is 12.9. The second-order valence-electron chi connectivity index (χ2n) is 12.9. The SMILES string of the molecule is C=C(C)[C@@H](CC)CC[C@@H](C)[C@H]1CC[C@H]2C3=CC[C@H]4[C@H](C)[C@@H](O)CC[C@]4(C)[C@H]3CC[C@]12C. The molecule has 31 heavy (non-hydrogen) atoms. The minimum atomic E-state index is -0.0789. The Morgan fingerprint density at radius 1 is 1.10 bits per heavy atom. The summed E-state index contributed by atoms with van der Waals surface area (Å²) in [5.41, 5.74) is 4.17. The van der Waals surface area contributed by atoms with Crippen molar-refractivity contribution in [1.82, 2.24) is 0 Å². The fraction of sp³-hybridized carbons (Fsp3) is 0.867. The van der Waals surface area contributed by atoms with Crippen molar-refractivity contribution >= 4 is 0 Å². The van der Waals surface area contributed by atoms with Gasteiger partial charge in [0.05, 0.1) is 6.10 Å². The van der Waals surface area contributed by atoms with Crippen LogP contribution in [-0.2, 0) is 0 Å². The Hall–Kier alpha value is -0.560. The maximum absolute atomic E-state index is 10.5. The third kappa shape index (κ3) is 3.79. The van der Waals surface area contributed by atoms with Crippen LogP contribution in [0.25, 0.3) is 0 Å². The van der Waals surface area contributed by atoms with E-state index in [0.717, 1.165) is 30.1 Å². The van der Waals surface area contributed by atoms with Crippen LogP contribution < -0.4 is 0 Å². The van der Waals surface area contributed by atoms with E-state index < -0.39 is 0 Å². The zero-order valence-electron chi connectivity index (χ0n) is 21.4. The minimum Gasteiger partial charge on any atom is -0.393 e. The maximum Gasteiger partial charge on any atom is 0.0568 e. The van der Waals surface area contributed by atoms with Gasteiger partial charge in [-0.25, -0.2) is 0 Å². The van der Waals surface area contributed by atoms with Gasteiger partial charge >= 0.3 is 0 Å². The van der Waals surface area contributed by atoms with Gasteiger partial charge in [-0.05, 0) is 123 Å². The van der Waals surface area contributed by atoms with Crippen LogP contribution >= 0.6 is 0 Å². The average Bonchev–Trinajstić information content (AvgIpc) is 3.08. The number of rotatable bonds is 6. The number of aliphatic hydroxyl groups excluding tert-OH is 1. The Kier molecular flexibility index (Phi) is 6.59. The molecule has 0 aliphatic heterocycles. The van der Waals surface area contributed by atoms with Crippen molar-refractivity contribution in [2.75, 3.05) is 0 Å². The summed E-state index contributed by atoms with van der Waals surface area (Å²) in [6.07, 6.45) is 15.7. The van der Waals surface area contributed by atoms with Crippen molar-refractivity contribution in [2.24, 2.45) is 52.3 Å². The first-order chi connectivity index (χ1) is 14.6. The van der Waals surface area contributed by atoms with Crippen LogP contribution in [0, 0.1) is 52.3 Å². The maximum atomic E-state index is 10.5. The Bertz CT molecular complexity index is 705. The summed E-state index contributed by atoms with van der Waals surface area (Å²) in [4.78, 5) is 0. The van der Waals surface area contributed by atoms with Crippen LogP contribution in [0.2, 0.25) is 0 Å².